The lowest BCUT2D eigenvalue weighted by atomic mass is 9.94. The lowest BCUT2D eigenvalue weighted by Gasteiger charge is -2.31. The molecule has 4 aromatic rings. The van der Waals surface area contributed by atoms with E-state index in [1.54, 1.807) is 45.6 Å². The monoisotopic (exact) mass is 419 g/mol. The number of benzene rings is 1. The molecule has 1 saturated heterocycles. The molecule has 0 radical (unpaired) electrons. The van der Waals surface area contributed by atoms with E-state index >= 15 is 0 Å². The Hall–Kier alpha value is -3.10. The SMILES string of the molecule is O=S(=O)(c1ccc(-n2cccn2)cc1)N1CCC(c2ccc3cccnc3n2)CC1. The van der Waals surface area contributed by atoms with Gasteiger partial charge in [0.25, 0.3) is 0 Å². The fourth-order valence-electron chi connectivity index (χ4n) is 3.93. The van der Waals surface area contributed by atoms with Crippen LogP contribution in [0.5, 0.6) is 0 Å². The number of pyridine rings is 2. The predicted molar refractivity (Wildman–Crippen MR) is 114 cm³/mol. The standard InChI is InChI=1S/C22H21N5O2S/c28-30(29,20-7-5-19(6-8-20)27-14-2-13-24-27)26-15-10-17(11-16-26)21-9-4-18-3-1-12-23-22(18)25-21/h1-9,12-14,17H,10-11,15-16H2. The molecule has 0 bridgehead atoms. The second kappa shape index (κ2) is 7.62. The van der Waals surface area contributed by atoms with Gasteiger partial charge in [-0.1, -0.05) is 0 Å². The Labute approximate surface area is 175 Å². The fraction of sp³-hybridized carbons (Fsp3) is 0.227. The number of fused-ring (bicyclic) bond motifs is 1. The molecular weight excluding hydrogens is 398 g/mol. The van der Waals surface area contributed by atoms with E-state index in [2.05, 4.69) is 10.1 Å². The molecule has 1 aliphatic heterocycles. The maximum atomic E-state index is 13.1. The van der Waals surface area contributed by atoms with Gasteiger partial charge in [-0.2, -0.15) is 9.40 Å². The molecule has 0 atom stereocenters. The highest BCUT2D eigenvalue weighted by Crippen LogP contribution is 2.30. The number of rotatable bonds is 4. The van der Waals surface area contributed by atoms with Gasteiger partial charge in [0.2, 0.25) is 10.0 Å². The molecule has 4 heterocycles. The third-order valence-electron chi connectivity index (χ3n) is 5.60. The van der Waals surface area contributed by atoms with E-state index in [1.165, 1.54) is 0 Å². The van der Waals surface area contributed by atoms with E-state index in [0.717, 1.165) is 35.3 Å². The molecule has 3 aromatic heterocycles. The van der Waals surface area contributed by atoms with Crippen molar-refractivity contribution in [2.45, 2.75) is 23.7 Å². The average Bonchev–Trinajstić information content (AvgIpc) is 3.34. The predicted octanol–water partition coefficient (Wildman–Crippen LogP) is 3.38. The first-order chi connectivity index (χ1) is 14.6. The van der Waals surface area contributed by atoms with Crippen molar-refractivity contribution < 1.29 is 8.42 Å². The first-order valence-corrected chi connectivity index (χ1v) is 11.4. The lowest BCUT2D eigenvalue weighted by Crippen LogP contribution is -2.38. The van der Waals surface area contributed by atoms with Crippen LogP contribution in [0.25, 0.3) is 16.7 Å². The zero-order chi connectivity index (χ0) is 20.6. The van der Waals surface area contributed by atoms with Gasteiger partial charge in [0.15, 0.2) is 5.65 Å². The highest BCUT2D eigenvalue weighted by atomic mass is 32.2. The number of nitrogens with zero attached hydrogens (tertiary/aromatic N) is 5. The quantitative estimate of drug-likeness (QED) is 0.507. The van der Waals surface area contributed by atoms with Crippen LogP contribution >= 0.6 is 0 Å². The van der Waals surface area contributed by atoms with Gasteiger partial charge in [-0.3, -0.25) is 0 Å². The summed E-state index contributed by atoms with van der Waals surface area (Å²) in [6.45, 7) is 0.964. The number of aromatic nitrogens is 4. The molecule has 30 heavy (non-hydrogen) atoms. The van der Waals surface area contributed by atoms with Crippen molar-refractivity contribution in [3.8, 4) is 5.69 Å². The molecular formula is C22H21N5O2S. The topological polar surface area (TPSA) is 81.0 Å². The van der Waals surface area contributed by atoms with E-state index in [9.17, 15) is 8.42 Å². The van der Waals surface area contributed by atoms with Gasteiger partial charge in [0.05, 0.1) is 10.6 Å². The maximum absolute atomic E-state index is 13.1. The van der Waals surface area contributed by atoms with Gasteiger partial charge in [-0.15, -0.1) is 0 Å². The Bertz CT molecular complexity index is 1260. The molecule has 0 aliphatic carbocycles. The summed E-state index contributed by atoms with van der Waals surface area (Å²) in [5, 5.41) is 5.18. The van der Waals surface area contributed by atoms with Crippen molar-refractivity contribution in [2.75, 3.05) is 13.1 Å². The minimum Gasteiger partial charge on any atom is -0.241 e. The molecule has 0 unspecified atom stereocenters. The smallest absolute Gasteiger partial charge is 0.241 e. The summed E-state index contributed by atoms with van der Waals surface area (Å²) in [6.07, 6.45) is 6.75. The largest absolute Gasteiger partial charge is 0.243 e. The van der Waals surface area contributed by atoms with Gasteiger partial charge in [0.1, 0.15) is 0 Å². The van der Waals surface area contributed by atoms with E-state index < -0.39 is 10.0 Å². The van der Waals surface area contributed by atoms with Crippen LogP contribution in [0.15, 0.2) is 78.1 Å². The van der Waals surface area contributed by atoms with E-state index in [0.29, 0.717) is 18.0 Å². The van der Waals surface area contributed by atoms with Gasteiger partial charge in [0, 0.05) is 48.7 Å². The zero-order valence-corrected chi connectivity index (χ0v) is 17.1. The van der Waals surface area contributed by atoms with Gasteiger partial charge < -0.3 is 0 Å². The highest BCUT2D eigenvalue weighted by Gasteiger charge is 2.30. The second-order valence-corrected chi connectivity index (χ2v) is 9.35. The molecule has 152 valence electrons. The van der Waals surface area contributed by atoms with Crippen molar-refractivity contribution in [3.05, 3.63) is 78.9 Å². The van der Waals surface area contributed by atoms with Crippen molar-refractivity contribution in [1.82, 2.24) is 24.1 Å². The third kappa shape index (κ3) is 3.48. The zero-order valence-electron chi connectivity index (χ0n) is 16.3. The first-order valence-electron chi connectivity index (χ1n) is 9.93. The summed E-state index contributed by atoms with van der Waals surface area (Å²) in [4.78, 5) is 9.33. The van der Waals surface area contributed by atoms with Gasteiger partial charge >= 0.3 is 0 Å². The van der Waals surface area contributed by atoms with Crippen molar-refractivity contribution in [1.29, 1.82) is 0 Å². The van der Waals surface area contributed by atoms with Crippen LogP contribution in [0.1, 0.15) is 24.5 Å². The Kier molecular flexibility index (Phi) is 4.80. The molecule has 5 rings (SSSR count). The molecule has 1 aromatic carbocycles. The summed E-state index contributed by atoms with van der Waals surface area (Å²) in [5.41, 5.74) is 2.55. The summed E-state index contributed by atoms with van der Waals surface area (Å²) in [5.74, 6) is 0.241. The molecule has 8 heteroatoms. The Morgan fingerprint density at radius 3 is 2.43 bits per heavy atom. The molecule has 0 N–H and O–H groups in total. The van der Waals surface area contributed by atoms with Crippen LogP contribution in [-0.2, 0) is 10.0 Å². The first kappa shape index (κ1) is 18.9. The number of hydrogen-bond donors (Lipinski definition) is 0. The van der Waals surface area contributed by atoms with Crippen LogP contribution in [0, 0.1) is 0 Å². The van der Waals surface area contributed by atoms with Crippen molar-refractivity contribution in [2.24, 2.45) is 0 Å². The Morgan fingerprint density at radius 2 is 1.70 bits per heavy atom. The Morgan fingerprint density at radius 1 is 0.900 bits per heavy atom. The van der Waals surface area contributed by atoms with Crippen LogP contribution < -0.4 is 0 Å². The molecule has 7 nitrogen and oxygen atoms in total. The summed E-state index contributed by atoms with van der Waals surface area (Å²) in [6, 6.07) is 16.6. The highest BCUT2D eigenvalue weighted by molar-refractivity contribution is 7.89. The average molecular weight is 420 g/mol. The molecule has 1 fully saturated rings. The molecule has 1 aliphatic rings. The van der Waals surface area contributed by atoms with E-state index in [4.69, 9.17) is 4.98 Å². The summed E-state index contributed by atoms with van der Waals surface area (Å²) in [7, 11) is -3.52. The summed E-state index contributed by atoms with van der Waals surface area (Å²) >= 11 is 0. The fourth-order valence-corrected chi connectivity index (χ4v) is 5.40. The minimum absolute atomic E-state index is 0.241. The number of sulfonamides is 1. The third-order valence-corrected chi connectivity index (χ3v) is 7.51. The van der Waals surface area contributed by atoms with Gasteiger partial charge in [-0.05, 0) is 67.4 Å². The summed E-state index contributed by atoms with van der Waals surface area (Å²) < 4.78 is 29.4. The minimum atomic E-state index is -3.52. The second-order valence-electron chi connectivity index (χ2n) is 7.41. The van der Waals surface area contributed by atoms with Crippen LogP contribution in [0.3, 0.4) is 0 Å². The van der Waals surface area contributed by atoms with Crippen molar-refractivity contribution in [3.63, 3.8) is 0 Å². The lowest BCUT2D eigenvalue weighted by molar-refractivity contribution is 0.317. The normalized spacial score (nSPS) is 16.1. The van der Waals surface area contributed by atoms with Crippen LogP contribution in [0.4, 0.5) is 0 Å². The van der Waals surface area contributed by atoms with E-state index in [1.807, 2.05) is 36.5 Å². The van der Waals surface area contributed by atoms with Gasteiger partial charge in [-0.25, -0.2) is 23.1 Å². The number of piperidine rings is 1. The van der Waals surface area contributed by atoms with Crippen LogP contribution in [-0.4, -0.2) is 45.6 Å². The number of hydrogen-bond acceptors (Lipinski definition) is 5. The molecule has 0 amide bonds. The maximum Gasteiger partial charge on any atom is 0.243 e. The molecule has 0 saturated carbocycles. The van der Waals surface area contributed by atoms with Crippen LogP contribution in [0.2, 0.25) is 0 Å². The molecule has 0 spiro atoms. The van der Waals surface area contributed by atoms with E-state index in [-0.39, 0.29) is 5.92 Å². The van der Waals surface area contributed by atoms with Crippen molar-refractivity contribution >= 4 is 21.1 Å². The Balaban J connectivity index is 1.30.